The number of nitrogens with two attached hydrogens (primary N) is 2. The Bertz CT molecular complexity index is 116. The van der Waals surface area contributed by atoms with Gasteiger partial charge in [-0.25, -0.2) is 4.31 Å². The molecule has 0 aromatic rings. The van der Waals surface area contributed by atoms with Crippen LogP contribution in [0.2, 0.25) is 0 Å². The van der Waals surface area contributed by atoms with Gasteiger partial charge in [-0.2, -0.15) is 0 Å². The van der Waals surface area contributed by atoms with E-state index in [9.17, 15) is 9.13 Å². The van der Waals surface area contributed by atoms with Crippen molar-refractivity contribution in [2.45, 2.75) is 0 Å². The van der Waals surface area contributed by atoms with Crippen LogP contribution in [0.4, 0.5) is 0 Å². The van der Waals surface area contributed by atoms with E-state index < -0.39 is 16.5 Å². The molecule has 11 heavy (non-hydrogen) atoms. The van der Waals surface area contributed by atoms with Crippen LogP contribution in [0, 0.1) is 0 Å². The molecule has 0 aromatic heterocycles. The maximum absolute atomic E-state index is 9.44. The smallest absolute Gasteiger partial charge is 0.323 e. The molecule has 70 valence electrons. The fraction of sp³-hybridized carbons (Fsp3) is 1.00. The van der Waals surface area contributed by atoms with Gasteiger partial charge in [0.25, 0.3) is 0 Å². The molecule has 0 spiro atoms. The first-order valence-electron chi connectivity index (χ1n) is 2.58. The van der Waals surface area contributed by atoms with Gasteiger partial charge in [0.2, 0.25) is 0 Å². The predicted molar refractivity (Wildman–Crippen MR) is 41.6 cm³/mol. The molecule has 7 nitrogen and oxygen atoms in total. The Morgan fingerprint density at radius 3 is 1.36 bits per heavy atom. The largest absolute Gasteiger partial charge is 0.329 e. The van der Waals surface area contributed by atoms with Crippen LogP contribution < -0.4 is 11.5 Å². The summed E-state index contributed by atoms with van der Waals surface area (Å²) in [6.45, 7) is 1.19. The van der Waals surface area contributed by atoms with E-state index in [4.69, 9.17) is 21.3 Å². The highest BCUT2D eigenvalue weighted by Crippen LogP contribution is 2.30. The molecule has 0 aliphatic rings. The van der Waals surface area contributed by atoms with Crippen LogP contribution >= 0.6 is 16.5 Å². The zero-order chi connectivity index (χ0) is 9.28. The van der Waals surface area contributed by atoms with E-state index in [1.54, 1.807) is 0 Å². The van der Waals surface area contributed by atoms with E-state index in [-0.39, 0.29) is 0 Å². The van der Waals surface area contributed by atoms with Crippen molar-refractivity contribution in [1.82, 2.24) is 0 Å². The number of hydrogen-bond acceptors (Lipinski definition) is 5. The van der Waals surface area contributed by atoms with E-state index in [0.29, 0.717) is 13.1 Å². The molecule has 0 fully saturated rings. The molecule has 0 aromatic carbocycles. The van der Waals surface area contributed by atoms with Gasteiger partial charge in [0.1, 0.15) is 0 Å². The monoisotopic (exact) mass is 206 g/mol. The lowest BCUT2D eigenvalue weighted by atomic mass is 10.7. The van der Waals surface area contributed by atoms with E-state index in [0.717, 1.165) is 0 Å². The third kappa shape index (κ3) is 25.3. The van der Waals surface area contributed by atoms with Crippen molar-refractivity contribution in [3.8, 4) is 0 Å². The van der Waals surface area contributed by atoms with Crippen LogP contribution in [0.3, 0.4) is 0 Å². The molecule has 0 saturated carbocycles. The molecule has 0 rings (SSSR count). The summed E-state index contributed by atoms with van der Waals surface area (Å²) in [6, 6.07) is 0. The normalized spacial score (nSPS) is 14.5. The van der Waals surface area contributed by atoms with Crippen LogP contribution in [0.15, 0.2) is 0 Å². The zero-order valence-electron chi connectivity index (χ0n) is 5.69. The minimum Gasteiger partial charge on any atom is -0.329 e. The summed E-state index contributed by atoms with van der Waals surface area (Å²) in [5, 5.41) is 0. The molecule has 0 amide bonds. The molecule has 0 radical (unpaired) electrons. The lowest BCUT2D eigenvalue weighted by molar-refractivity contribution is 0.371. The summed E-state index contributed by atoms with van der Waals surface area (Å²) in [6.07, 6.45) is 0. The minimum atomic E-state index is -3.20. The van der Waals surface area contributed by atoms with Crippen LogP contribution in [-0.2, 0) is 13.4 Å². The lowest BCUT2D eigenvalue weighted by Gasteiger charge is -1.86. The summed E-state index contributed by atoms with van der Waals surface area (Å²) in [5.41, 5.74) is 9.81. The number of hydrogen-bond donors (Lipinski definition) is 4. The second-order valence-electron chi connectivity index (χ2n) is 1.21. The van der Waals surface area contributed by atoms with E-state index in [1.807, 2.05) is 0 Å². The van der Waals surface area contributed by atoms with Gasteiger partial charge in [0.05, 0.1) is 0 Å². The maximum Gasteiger partial charge on any atom is 0.323 e. The second-order valence-corrected chi connectivity index (χ2v) is 3.09. The van der Waals surface area contributed by atoms with Crippen molar-refractivity contribution < 1.29 is 23.2 Å². The van der Waals surface area contributed by atoms with Crippen molar-refractivity contribution in [3.05, 3.63) is 0 Å². The summed E-state index contributed by atoms with van der Waals surface area (Å²) >= 11 is 0. The highest BCUT2D eigenvalue weighted by atomic mass is 31.2. The predicted octanol–water partition coefficient (Wildman–Crippen LogP) is -1.33. The SMILES string of the molecule is NCCN.O=[PH](O)O[PH](=O)O. The first-order valence-corrected chi connectivity index (χ1v) is 5.11. The molecule has 0 aliphatic heterocycles. The highest BCUT2D eigenvalue weighted by Gasteiger charge is 1.93. The van der Waals surface area contributed by atoms with Crippen LogP contribution in [0.5, 0.6) is 0 Å². The standard InChI is InChI=1S/C2H8N2.H4O5P2/c3-1-2-4;1-6(2)5-7(3)4/h1-4H2;6-7H,(H,1,2)(H,3,4). The Kier molecular flexibility index (Phi) is 12.9. The summed E-state index contributed by atoms with van der Waals surface area (Å²) in [5.74, 6) is 0. The average Bonchev–Trinajstić information content (AvgIpc) is 1.85. The van der Waals surface area contributed by atoms with Gasteiger partial charge in [-0.3, -0.25) is 9.13 Å². The van der Waals surface area contributed by atoms with Gasteiger partial charge in [-0.15, -0.1) is 0 Å². The van der Waals surface area contributed by atoms with E-state index in [2.05, 4.69) is 4.31 Å². The van der Waals surface area contributed by atoms with E-state index in [1.165, 1.54) is 0 Å². The Labute approximate surface area is 65.2 Å². The van der Waals surface area contributed by atoms with Crippen LogP contribution in [-0.4, -0.2) is 22.9 Å². The first kappa shape index (κ1) is 13.8. The molecular formula is C2H12N2O5P2. The van der Waals surface area contributed by atoms with Crippen LogP contribution in [0.25, 0.3) is 0 Å². The third-order valence-corrected chi connectivity index (χ3v) is 1.74. The Morgan fingerprint density at radius 2 is 1.36 bits per heavy atom. The van der Waals surface area contributed by atoms with Gasteiger partial charge in [0, 0.05) is 13.1 Å². The Hall–Kier alpha value is 0.260. The minimum absolute atomic E-state index is 0.597. The molecule has 0 aliphatic carbocycles. The molecule has 2 unspecified atom stereocenters. The first-order chi connectivity index (χ1) is 5.04. The zero-order valence-corrected chi connectivity index (χ0v) is 7.69. The van der Waals surface area contributed by atoms with Crippen molar-refractivity contribution in [2.75, 3.05) is 13.1 Å². The molecule has 0 heterocycles. The van der Waals surface area contributed by atoms with Crippen LogP contribution in [0.1, 0.15) is 0 Å². The van der Waals surface area contributed by atoms with Crippen molar-refractivity contribution >= 4 is 16.5 Å². The number of rotatable bonds is 3. The summed E-state index contributed by atoms with van der Waals surface area (Å²) in [7, 11) is -6.40. The summed E-state index contributed by atoms with van der Waals surface area (Å²) in [4.78, 5) is 15.4. The van der Waals surface area contributed by atoms with Gasteiger partial charge >= 0.3 is 16.5 Å². The second kappa shape index (κ2) is 10.3. The highest BCUT2D eigenvalue weighted by molar-refractivity contribution is 7.46. The Morgan fingerprint density at radius 1 is 1.09 bits per heavy atom. The summed E-state index contributed by atoms with van der Waals surface area (Å²) < 4.78 is 22.3. The lowest BCUT2D eigenvalue weighted by Crippen LogP contribution is -2.11. The maximum atomic E-state index is 9.44. The average molecular weight is 206 g/mol. The van der Waals surface area contributed by atoms with Crippen molar-refractivity contribution in [2.24, 2.45) is 11.5 Å². The van der Waals surface area contributed by atoms with Crippen molar-refractivity contribution in [3.63, 3.8) is 0 Å². The molecule has 0 saturated heterocycles. The van der Waals surface area contributed by atoms with Crippen molar-refractivity contribution in [1.29, 1.82) is 0 Å². The topological polar surface area (TPSA) is 136 Å². The molecule has 9 heteroatoms. The molecule has 6 N–H and O–H groups in total. The van der Waals surface area contributed by atoms with Gasteiger partial charge in [-0.1, -0.05) is 0 Å². The quantitative estimate of drug-likeness (QED) is 0.420. The van der Waals surface area contributed by atoms with Gasteiger partial charge in [0.15, 0.2) is 0 Å². The molecule has 0 bridgehead atoms. The van der Waals surface area contributed by atoms with E-state index >= 15 is 0 Å². The van der Waals surface area contributed by atoms with Gasteiger partial charge < -0.3 is 21.3 Å². The molecule has 2 atom stereocenters. The third-order valence-electron chi connectivity index (χ3n) is 0.341. The fourth-order valence-corrected chi connectivity index (χ4v) is 0.672. The molecular weight excluding hydrogens is 194 g/mol. The fourth-order valence-electron chi connectivity index (χ4n) is 0.0747. The Balaban J connectivity index is 0. The van der Waals surface area contributed by atoms with Gasteiger partial charge in [-0.05, 0) is 0 Å².